The van der Waals surface area contributed by atoms with Crippen LogP contribution < -0.4 is 5.32 Å². The van der Waals surface area contributed by atoms with Gasteiger partial charge in [0, 0.05) is 25.2 Å². The van der Waals surface area contributed by atoms with Crippen molar-refractivity contribution in [1.82, 2.24) is 14.5 Å². The van der Waals surface area contributed by atoms with E-state index in [0.29, 0.717) is 12.3 Å². The van der Waals surface area contributed by atoms with E-state index in [-0.39, 0.29) is 5.91 Å². The number of amides is 1. The van der Waals surface area contributed by atoms with Gasteiger partial charge in [-0.3, -0.25) is 9.69 Å². The van der Waals surface area contributed by atoms with Crippen LogP contribution in [0.2, 0.25) is 0 Å². The number of hydrogen-bond acceptors (Lipinski definition) is 3. The maximum atomic E-state index is 11.9. The van der Waals surface area contributed by atoms with Crippen LogP contribution in [0.5, 0.6) is 0 Å². The van der Waals surface area contributed by atoms with Crippen LogP contribution >= 0.6 is 0 Å². The third-order valence-corrected chi connectivity index (χ3v) is 4.25. The summed E-state index contributed by atoms with van der Waals surface area (Å²) in [5, 5.41) is 2.98. The third kappa shape index (κ3) is 3.55. The Hall–Kier alpha value is -1.88. The Labute approximate surface area is 137 Å². The van der Waals surface area contributed by atoms with Crippen LogP contribution in [0.4, 0.5) is 5.69 Å². The quantitative estimate of drug-likeness (QED) is 0.921. The van der Waals surface area contributed by atoms with Crippen molar-refractivity contribution in [2.24, 2.45) is 5.92 Å². The van der Waals surface area contributed by atoms with Crippen molar-refractivity contribution in [3.8, 4) is 0 Å². The summed E-state index contributed by atoms with van der Waals surface area (Å²) in [6.07, 6.45) is 1.72. The zero-order valence-corrected chi connectivity index (χ0v) is 14.3. The molecule has 23 heavy (non-hydrogen) atoms. The molecular weight excluding hydrogens is 288 g/mol. The molecule has 124 valence electrons. The number of nitrogens with zero attached hydrogens (tertiary/aromatic N) is 3. The Bertz CT molecular complexity index is 704. The minimum Gasteiger partial charge on any atom is -0.326 e. The highest BCUT2D eigenvalue weighted by Crippen LogP contribution is 2.24. The normalized spacial score (nSPS) is 15.1. The van der Waals surface area contributed by atoms with E-state index < -0.39 is 0 Å². The fraction of sp³-hybridized carbons (Fsp3) is 0.556. The van der Waals surface area contributed by atoms with E-state index in [4.69, 9.17) is 4.98 Å². The first-order valence-corrected chi connectivity index (χ1v) is 8.58. The number of nitrogens with one attached hydrogen (secondary N) is 1. The number of hydrogen-bond donors (Lipinski definition) is 1. The first-order chi connectivity index (χ1) is 11.1. The molecule has 0 saturated carbocycles. The van der Waals surface area contributed by atoms with Crippen molar-refractivity contribution in [2.75, 3.05) is 18.4 Å². The maximum absolute atomic E-state index is 11.9. The van der Waals surface area contributed by atoms with Gasteiger partial charge in [0.1, 0.15) is 5.82 Å². The number of carbonyl (C=O) groups is 1. The molecule has 0 aliphatic carbocycles. The number of imidazole rings is 1. The highest BCUT2D eigenvalue weighted by Gasteiger charge is 2.19. The second kappa shape index (κ2) is 6.71. The molecule has 0 fully saturated rings. The smallest absolute Gasteiger partial charge is 0.224 e. The lowest BCUT2D eigenvalue weighted by molar-refractivity contribution is -0.116. The lowest BCUT2D eigenvalue weighted by atomic mass is 10.1. The fourth-order valence-corrected chi connectivity index (χ4v) is 3.24. The summed E-state index contributed by atoms with van der Waals surface area (Å²) in [7, 11) is 0. The van der Waals surface area contributed by atoms with Crippen LogP contribution in [0, 0.1) is 5.92 Å². The molecule has 0 spiro atoms. The van der Waals surface area contributed by atoms with Crippen molar-refractivity contribution in [3.63, 3.8) is 0 Å². The molecule has 1 aliphatic heterocycles. The van der Waals surface area contributed by atoms with Crippen molar-refractivity contribution in [2.45, 2.75) is 46.7 Å². The lowest BCUT2D eigenvalue weighted by Gasteiger charge is -2.27. The third-order valence-electron chi connectivity index (χ3n) is 4.25. The number of carbonyl (C=O) groups excluding carboxylic acids is 1. The minimum absolute atomic E-state index is 0.0671. The predicted octanol–water partition coefficient (Wildman–Crippen LogP) is 3.25. The van der Waals surface area contributed by atoms with Gasteiger partial charge in [0.25, 0.3) is 0 Å². The van der Waals surface area contributed by atoms with Crippen LogP contribution in [-0.4, -0.2) is 33.4 Å². The molecule has 5 nitrogen and oxygen atoms in total. The molecule has 3 rings (SSSR count). The van der Waals surface area contributed by atoms with E-state index in [2.05, 4.69) is 27.8 Å². The van der Waals surface area contributed by atoms with Gasteiger partial charge in [-0.2, -0.15) is 0 Å². The van der Waals surface area contributed by atoms with E-state index in [0.717, 1.165) is 48.7 Å². The van der Waals surface area contributed by atoms with E-state index in [1.807, 2.05) is 26.0 Å². The minimum atomic E-state index is 0.0671. The molecule has 2 aromatic rings. The highest BCUT2D eigenvalue weighted by atomic mass is 16.1. The van der Waals surface area contributed by atoms with Gasteiger partial charge in [-0.05, 0) is 37.1 Å². The number of benzene rings is 1. The molecule has 2 heterocycles. The average Bonchev–Trinajstić information content (AvgIpc) is 2.83. The molecule has 0 unspecified atom stereocenters. The van der Waals surface area contributed by atoms with Gasteiger partial charge in [-0.25, -0.2) is 4.98 Å². The first kappa shape index (κ1) is 16.0. The second-order valence-corrected chi connectivity index (χ2v) is 6.81. The summed E-state index contributed by atoms with van der Waals surface area (Å²) in [6.45, 7) is 10.4. The van der Waals surface area contributed by atoms with E-state index in [1.165, 1.54) is 6.42 Å². The Morgan fingerprint density at radius 2 is 2.17 bits per heavy atom. The van der Waals surface area contributed by atoms with E-state index in [9.17, 15) is 4.79 Å². The number of fused-ring (bicyclic) bond motifs is 3. The molecule has 0 radical (unpaired) electrons. The largest absolute Gasteiger partial charge is 0.326 e. The molecule has 1 N–H and O–H groups in total. The monoisotopic (exact) mass is 314 g/mol. The molecule has 1 aliphatic rings. The number of rotatable bonds is 5. The van der Waals surface area contributed by atoms with E-state index >= 15 is 0 Å². The molecule has 0 bridgehead atoms. The average molecular weight is 314 g/mol. The topological polar surface area (TPSA) is 50.2 Å². The van der Waals surface area contributed by atoms with Crippen LogP contribution in [-0.2, 0) is 17.9 Å². The second-order valence-electron chi connectivity index (χ2n) is 6.81. The number of anilines is 1. The zero-order chi connectivity index (χ0) is 16.4. The Balaban J connectivity index is 1.80. The SMILES string of the molecule is CCCN1CCn2c(nc3cc(NC(=O)CC(C)C)ccc32)C1. The van der Waals surface area contributed by atoms with Gasteiger partial charge in [0.2, 0.25) is 5.91 Å². The fourth-order valence-electron chi connectivity index (χ4n) is 3.24. The van der Waals surface area contributed by atoms with Crippen LogP contribution in [0.15, 0.2) is 18.2 Å². The summed E-state index contributed by atoms with van der Waals surface area (Å²) in [5.74, 6) is 1.56. The highest BCUT2D eigenvalue weighted by molar-refractivity contribution is 5.93. The Morgan fingerprint density at radius 1 is 1.35 bits per heavy atom. The molecular formula is C18H26N4O. The van der Waals surface area contributed by atoms with Gasteiger partial charge in [0.05, 0.1) is 17.6 Å². The van der Waals surface area contributed by atoms with Gasteiger partial charge in [-0.1, -0.05) is 20.8 Å². The Morgan fingerprint density at radius 3 is 2.91 bits per heavy atom. The van der Waals surface area contributed by atoms with Crippen LogP contribution in [0.3, 0.4) is 0 Å². The van der Waals surface area contributed by atoms with Crippen molar-refractivity contribution < 1.29 is 4.79 Å². The summed E-state index contributed by atoms with van der Waals surface area (Å²) in [4.78, 5) is 19.2. The van der Waals surface area contributed by atoms with Crippen molar-refractivity contribution in [1.29, 1.82) is 0 Å². The van der Waals surface area contributed by atoms with Gasteiger partial charge in [0.15, 0.2) is 0 Å². The van der Waals surface area contributed by atoms with Crippen LogP contribution in [0.1, 0.15) is 39.4 Å². The van der Waals surface area contributed by atoms with Gasteiger partial charge >= 0.3 is 0 Å². The number of aromatic nitrogens is 2. The molecule has 0 saturated heterocycles. The zero-order valence-electron chi connectivity index (χ0n) is 14.3. The maximum Gasteiger partial charge on any atom is 0.224 e. The summed E-state index contributed by atoms with van der Waals surface area (Å²) >= 11 is 0. The van der Waals surface area contributed by atoms with Crippen LogP contribution in [0.25, 0.3) is 11.0 Å². The molecule has 1 aromatic carbocycles. The van der Waals surface area contributed by atoms with Gasteiger partial charge < -0.3 is 9.88 Å². The summed E-state index contributed by atoms with van der Waals surface area (Å²) in [5.41, 5.74) is 2.97. The van der Waals surface area contributed by atoms with E-state index in [1.54, 1.807) is 0 Å². The van der Waals surface area contributed by atoms with Crippen molar-refractivity contribution >= 4 is 22.6 Å². The molecule has 0 atom stereocenters. The lowest BCUT2D eigenvalue weighted by Crippen LogP contribution is -2.34. The molecule has 1 aromatic heterocycles. The Kier molecular flexibility index (Phi) is 4.66. The summed E-state index contributed by atoms with van der Waals surface area (Å²) < 4.78 is 2.31. The standard InChI is InChI=1S/C18H26N4O/c1-4-7-21-8-9-22-16-6-5-14(19-18(23)10-13(2)3)11-15(16)20-17(22)12-21/h5-6,11,13H,4,7-10,12H2,1-3H3,(H,19,23). The predicted molar refractivity (Wildman–Crippen MR) is 93.4 cm³/mol. The molecule has 1 amide bonds. The van der Waals surface area contributed by atoms with Gasteiger partial charge in [-0.15, -0.1) is 0 Å². The molecule has 5 heteroatoms. The van der Waals surface area contributed by atoms with Crippen molar-refractivity contribution in [3.05, 3.63) is 24.0 Å². The first-order valence-electron chi connectivity index (χ1n) is 8.58. The summed E-state index contributed by atoms with van der Waals surface area (Å²) in [6, 6.07) is 6.04.